The molecule has 3 aromatic rings. The number of carbonyl (C=O) groups is 2. The van der Waals surface area contributed by atoms with E-state index >= 15 is 0 Å². The molecule has 2 saturated heterocycles. The quantitative estimate of drug-likeness (QED) is 0.338. The van der Waals surface area contributed by atoms with Crippen LogP contribution in [-0.2, 0) is 11.2 Å². The Hall–Kier alpha value is -4.27. The first-order valence-corrected chi connectivity index (χ1v) is 14.8. The van der Waals surface area contributed by atoms with E-state index in [4.69, 9.17) is 17.0 Å². The highest BCUT2D eigenvalue weighted by atomic mass is 32.1. The van der Waals surface area contributed by atoms with Gasteiger partial charge in [0.25, 0.3) is 0 Å². The van der Waals surface area contributed by atoms with Crippen LogP contribution in [0.25, 0.3) is 0 Å². The second-order valence-corrected chi connectivity index (χ2v) is 11.2. The van der Waals surface area contributed by atoms with E-state index in [-0.39, 0.29) is 40.7 Å². The van der Waals surface area contributed by atoms with Crippen molar-refractivity contribution in [2.75, 3.05) is 56.9 Å². The molecule has 0 unspecified atom stereocenters. The predicted octanol–water partition coefficient (Wildman–Crippen LogP) is 3.85. The average molecular weight is 625 g/mol. The van der Waals surface area contributed by atoms with Crippen molar-refractivity contribution < 1.29 is 23.1 Å². The number of rotatable bonds is 7. The van der Waals surface area contributed by atoms with E-state index in [9.17, 15) is 18.4 Å². The van der Waals surface area contributed by atoms with Crippen LogP contribution in [0.15, 0.2) is 54.9 Å². The Labute approximate surface area is 259 Å². The van der Waals surface area contributed by atoms with Gasteiger partial charge in [0.15, 0.2) is 16.7 Å². The van der Waals surface area contributed by atoms with Crippen LogP contribution in [0.5, 0.6) is 11.6 Å². The normalized spacial score (nSPS) is 16.3. The third-order valence-electron chi connectivity index (χ3n) is 7.62. The Bertz CT molecular complexity index is 1480. The summed E-state index contributed by atoms with van der Waals surface area (Å²) in [6, 6.07) is 11.3. The molecule has 0 radical (unpaired) electrons. The summed E-state index contributed by atoms with van der Waals surface area (Å²) in [4.78, 5) is 39.9. The summed E-state index contributed by atoms with van der Waals surface area (Å²) in [6.45, 7) is 5.57. The van der Waals surface area contributed by atoms with E-state index in [1.54, 1.807) is 4.90 Å². The Morgan fingerprint density at radius 3 is 2.39 bits per heavy atom. The fraction of sp³-hybridized carbons (Fsp3) is 0.367. The van der Waals surface area contributed by atoms with Gasteiger partial charge in [0.2, 0.25) is 11.8 Å². The zero-order chi connectivity index (χ0) is 31.1. The molecule has 11 nitrogen and oxygen atoms in total. The molecule has 3 amide bonds. The summed E-state index contributed by atoms with van der Waals surface area (Å²) in [6.07, 6.45) is 3.07. The fourth-order valence-corrected chi connectivity index (χ4v) is 5.40. The Balaban J connectivity index is 1.09. The molecule has 0 atom stereocenters. The monoisotopic (exact) mass is 624 g/mol. The Morgan fingerprint density at radius 1 is 0.955 bits per heavy atom. The van der Waals surface area contributed by atoms with Crippen LogP contribution in [0.3, 0.4) is 0 Å². The molecule has 5 rings (SSSR count). The summed E-state index contributed by atoms with van der Waals surface area (Å²) in [7, 11) is 2.14. The van der Waals surface area contributed by atoms with Gasteiger partial charge in [0.05, 0.1) is 6.42 Å². The number of urea groups is 1. The summed E-state index contributed by atoms with van der Waals surface area (Å²) in [5, 5.41) is 8.01. The second-order valence-electron chi connectivity index (χ2n) is 10.8. The molecule has 3 heterocycles. The van der Waals surface area contributed by atoms with Crippen LogP contribution in [-0.4, -0.2) is 94.1 Å². The number of piperidine rings is 1. The highest BCUT2D eigenvalue weighted by molar-refractivity contribution is 7.80. The van der Waals surface area contributed by atoms with Crippen LogP contribution in [0.2, 0.25) is 0 Å². The van der Waals surface area contributed by atoms with Crippen LogP contribution in [0.1, 0.15) is 18.4 Å². The first-order valence-electron chi connectivity index (χ1n) is 14.3. The van der Waals surface area contributed by atoms with Gasteiger partial charge in [-0.1, -0.05) is 12.1 Å². The van der Waals surface area contributed by atoms with E-state index < -0.39 is 17.5 Å². The van der Waals surface area contributed by atoms with Gasteiger partial charge in [-0.2, -0.15) is 0 Å². The molecule has 44 heavy (non-hydrogen) atoms. The molecule has 1 aromatic heterocycles. The number of ether oxygens (including phenoxy) is 1. The topological polar surface area (TPSA) is 115 Å². The first kappa shape index (κ1) is 31.2. The average Bonchev–Trinajstić information content (AvgIpc) is 3.00. The fourth-order valence-electron chi connectivity index (χ4n) is 5.17. The Morgan fingerprint density at radius 2 is 1.68 bits per heavy atom. The third-order valence-corrected chi connectivity index (χ3v) is 7.82. The number of halogens is 2. The van der Waals surface area contributed by atoms with Gasteiger partial charge in [0.1, 0.15) is 18.0 Å². The van der Waals surface area contributed by atoms with Crippen molar-refractivity contribution in [3.05, 3.63) is 72.1 Å². The SMILES string of the molecule is CN1CCN(C2CCN(C(=O)Nc3cc(Oc4ccc(NC(=S)NC(=O)Cc5ccc(F)cc5)cc4F)ncn3)CC2)CC1. The van der Waals surface area contributed by atoms with Gasteiger partial charge in [-0.3, -0.25) is 15.0 Å². The standard InChI is InChI=1S/C30H34F2N8O3S/c1-38-12-14-39(15-13-38)23-8-10-40(11-9-23)30(42)36-26-18-28(34-19-33-26)43-25-7-6-22(17-24(25)32)35-29(44)37-27(41)16-20-2-4-21(31)5-3-20/h2-7,17-19,23H,8-16H2,1H3,(H,33,34,36,42)(H2,35,37,41,44). The number of anilines is 2. The van der Waals surface area contributed by atoms with Gasteiger partial charge < -0.3 is 25.2 Å². The number of amides is 3. The number of nitrogens with zero attached hydrogens (tertiary/aromatic N) is 5. The Kier molecular flexibility index (Phi) is 10.2. The van der Waals surface area contributed by atoms with Crippen molar-refractivity contribution in [2.45, 2.75) is 25.3 Å². The highest BCUT2D eigenvalue weighted by Crippen LogP contribution is 2.27. The van der Waals surface area contributed by atoms with Crippen molar-refractivity contribution in [1.82, 2.24) is 30.0 Å². The number of likely N-dealkylation sites (N-methyl/N-ethyl adjacent to an activating group) is 1. The van der Waals surface area contributed by atoms with Gasteiger partial charge in [-0.05, 0) is 61.9 Å². The lowest BCUT2D eigenvalue weighted by Gasteiger charge is -2.42. The molecule has 3 N–H and O–H groups in total. The van der Waals surface area contributed by atoms with Crippen molar-refractivity contribution in [2.24, 2.45) is 0 Å². The van der Waals surface area contributed by atoms with E-state index in [1.807, 2.05) is 0 Å². The lowest BCUT2D eigenvalue weighted by Crippen LogP contribution is -2.53. The number of hydrogen-bond acceptors (Lipinski definition) is 8. The minimum Gasteiger partial charge on any atom is -0.436 e. The summed E-state index contributed by atoms with van der Waals surface area (Å²) in [5.74, 6) is -1.33. The second kappa shape index (κ2) is 14.5. The molecule has 232 valence electrons. The molecular formula is C30H34F2N8O3S. The number of nitrogens with one attached hydrogen (secondary N) is 3. The molecule has 2 fully saturated rings. The molecule has 2 aliphatic heterocycles. The third kappa shape index (κ3) is 8.65. The van der Waals surface area contributed by atoms with Crippen molar-refractivity contribution in [3.63, 3.8) is 0 Å². The number of hydrogen-bond donors (Lipinski definition) is 3. The molecular weight excluding hydrogens is 590 g/mol. The largest absolute Gasteiger partial charge is 0.436 e. The van der Waals surface area contributed by atoms with Crippen molar-refractivity contribution >= 4 is 40.8 Å². The number of carbonyl (C=O) groups excluding carboxylic acids is 2. The number of thiocarbonyl (C=S) groups is 1. The molecule has 0 bridgehead atoms. The summed E-state index contributed by atoms with van der Waals surface area (Å²) < 4.78 is 33.5. The van der Waals surface area contributed by atoms with Crippen LogP contribution >= 0.6 is 12.2 Å². The maximum atomic E-state index is 14.9. The van der Waals surface area contributed by atoms with E-state index in [1.165, 1.54) is 48.8 Å². The molecule has 0 saturated carbocycles. The van der Waals surface area contributed by atoms with Crippen LogP contribution < -0.4 is 20.7 Å². The molecule has 14 heteroatoms. The number of aromatic nitrogens is 2. The van der Waals surface area contributed by atoms with Gasteiger partial charge in [-0.15, -0.1) is 0 Å². The molecule has 0 aliphatic carbocycles. The lowest BCUT2D eigenvalue weighted by molar-refractivity contribution is -0.119. The maximum Gasteiger partial charge on any atom is 0.323 e. The molecule has 2 aliphatic rings. The van der Waals surface area contributed by atoms with Crippen molar-refractivity contribution in [1.29, 1.82) is 0 Å². The van der Waals surface area contributed by atoms with Crippen LogP contribution in [0.4, 0.5) is 25.1 Å². The zero-order valence-electron chi connectivity index (χ0n) is 24.3. The van der Waals surface area contributed by atoms with E-state index in [0.717, 1.165) is 45.1 Å². The zero-order valence-corrected chi connectivity index (χ0v) is 25.1. The van der Waals surface area contributed by atoms with Gasteiger partial charge in [0, 0.05) is 63.1 Å². The smallest absolute Gasteiger partial charge is 0.323 e. The predicted molar refractivity (Wildman–Crippen MR) is 166 cm³/mol. The summed E-state index contributed by atoms with van der Waals surface area (Å²) in [5.41, 5.74) is 0.905. The number of piperazine rings is 1. The number of benzene rings is 2. The van der Waals surface area contributed by atoms with E-state index in [2.05, 4.69) is 42.8 Å². The minimum atomic E-state index is -0.706. The van der Waals surface area contributed by atoms with E-state index in [0.29, 0.717) is 24.7 Å². The van der Waals surface area contributed by atoms with Crippen molar-refractivity contribution in [3.8, 4) is 11.6 Å². The lowest BCUT2D eigenvalue weighted by atomic mass is 10.0. The van der Waals surface area contributed by atoms with Gasteiger partial charge in [-0.25, -0.2) is 23.5 Å². The highest BCUT2D eigenvalue weighted by Gasteiger charge is 2.28. The molecule has 0 spiro atoms. The molecule has 2 aromatic carbocycles. The number of likely N-dealkylation sites (tertiary alicyclic amines) is 1. The first-order chi connectivity index (χ1) is 21.2. The van der Waals surface area contributed by atoms with Crippen LogP contribution in [0, 0.1) is 11.6 Å². The maximum absolute atomic E-state index is 14.9. The minimum absolute atomic E-state index is 0.0000228. The summed E-state index contributed by atoms with van der Waals surface area (Å²) >= 11 is 5.15. The van der Waals surface area contributed by atoms with Gasteiger partial charge >= 0.3 is 6.03 Å².